The minimum Gasteiger partial charge on any atom is -0.355 e. The van der Waals surface area contributed by atoms with Crippen molar-refractivity contribution < 1.29 is 0 Å². The molecule has 1 aromatic heterocycles. The number of aromatic amines is 1. The first kappa shape index (κ1) is 13.7. The Morgan fingerprint density at radius 1 is 1.20 bits per heavy atom. The number of hydrogen-bond donors (Lipinski definition) is 2. The van der Waals surface area contributed by atoms with Crippen molar-refractivity contribution in [1.82, 2.24) is 10.2 Å². The lowest BCUT2D eigenvalue weighted by atomic mass is 10.1. The monoisotopic (exact) mass is 310 g/mol. The van der Waals surface area contributed by atoms with Gasteiger partial charge < -0.3 is 10.6 Å². The van der Waals surface area contributed by atoms with Crippen LogP contribution in [-0.4, -0.2) is 29.3 Å². The van der Waals surface area contributed by atoms with Crippen molar-refractivity contribution in [1.29, 1.82) is 0 Å². The van der Waals surface area contributed by atoms with Gasteiger partial charge in [-0.15, -0.1) is 0 Å². The van der Waals surface area contributed by atoms with Gasteiger partial charge in [-0.05, 0) is 31.0 Å². The number of nitrogens with two attached hydrogens (primary N) is 1. The molecule has 1 fully saturated rings. The highest BCUT2D eigenvalue weighted by Crippen LogP contribution is 2.31. The van der Waals surface area contributed by atoms with Gasteiger partial charge in [-0.1, -0.05) is 23.2 Å². The topological polar surface area (TPSA) is 57.9 Å². The number of anilines is 1. The fourth-order valence-corrected chi connectivity index (χ4v) is 2.84. The summed E-state index contributed by atoms with van der Waals surface area (Å²) < 4.78 is 0. The van der Waals surface area contributed by atoms with E-state index in [9.17, 15) is 0 Å². The molecule has 106 valence electrons. The predicted molar refractivity (Wildman–Crippen MR) is 83.5 cm³/mol. The second-order valence-electron chi connectivity index (χ2n) is 5.09. The summed E-state index contributed by atoms with van der Waals surface area (Å²) in [5.74, 6) is 0.933. The molecule has 0 spiro atoms. The lowest BCUT2D eigenvalue weighted by molar-refractivity contribution is 0.498. The molecule has 4 nitrogen and oxygen atoms in total. The van der Waals surface area contributed by atoms with Crippen LogP contribution in [-0.2, 0) is 0 Å². The van der Waals surface area contributed by atoms with Crippen molar-refractivity contribution in [2.75, 3.05) is 18.0 Å². The zero-order chi connectivity index (χ0) is 14.1. The van der Waals surface area contributed by atoms with Crippen LogP contribution in [0.15, 0.2) is 24.3 Å². The molecule has 1 aliphatic rings. The van der Waals surface area contributed by atoms with Crippen molar-refractivity contribution >= 4 is 29.0 Å². The molecule has 6 heteroatoms. The zero-order valence-electron chi connectivity index (χ0n) is 10.9. The van der Waals surface area contributed by atoms with E-state index in [2.05, 4.69) is 15.1 Å². The highest BCUT2D eigenvalue weighted by Gasteiger charge is 2.19. The third kappa shape index (κ3) is 2.77. The van der Waals surface area contributed by atoms with Gasteiger partial charge in [-0.3, -0.25) is 5.10 Å². The van der Waals surface area contributed by atoms with E-state index >= 15 is 0 Å². The van der Waals surface area contributed by atoms with Crippen molar-refractivity contribution in [3.05, 3.63) is 34.3 Å². The molecular weight excluding hydrogens is 295 g/mol. The fraction of sp³-hybridized carbons (Fsp3) is 0.357. The highest BCUT2D eigenvalue weighted by atomic mass is 35.5. The zero-order valence-corrected chi connectivity index (χ0v) is 12.5. The summed E-state index contributed by atoms with van der Waals surface area (Å²) in [7, 11) is 0. The first-order chi connectivity index (χ1) is 9.63. The Morgan fingerprint density at radius 2 is 1.95 bits per heavy atom. The third-order valence-corrected chi connectivity index (χ3v) is 4.21. The molecule has 0 atom stereocenters. The van der Waals surface area contributed by atoms with E-state index in [-0.39, 0.29) is 0 Å². The van der Waals surface area contributed by atoms with Gasteiger partial charge in [-0.2, -0.15) is 5.10 Å². The number of H-pyrrole nitrogens is 1. The van der Waals surface area contributed by atoms with E-state index in [0.717, 1.165) is 43.0 Å². The SMILES string of the molecule is NC1CCN(c2cc(-c3cc(Cl)ccc3Cl)[nH]n2)CC1. The molecule has 0 bridgehead atoms. The quantitative estimate of drug-likeness (QED) is 0.894. The highest BCUT2D eigenvalue weighted by molar-refractivity contribution is 6.35. The van der Waals surface area contributed by atoms with Crippen molar-refractivity contribution in [2.45, 2.75) is 18.9 Å². The summed E-state index contributed by atoms with van der Waals surface area (Å²) in [5, 5.41) is 8.72. The van der Waals surface area contributed by atoms with Gasteiger partial charge in [-0.25, -0.2) is 0 Å². The standard InChI is InChI=1S/C14H16Cl2N4/c15-9-1-2-12(16)11(7-9)13-8-14(19-18-13)20-5-3-10(17)4-6-20/h1-2,7-8,10H,3-6,17H2,(H,18,19). The number of aromatic nitrogens is 2. The average molecular weight is 311 g/mol. The second kappa shape index (κ2) is 5.64. The van der Waals surface area contributed by atoms with Crippen LogP contribution in [0.3, 0.4) is 0 Å². The smallest absolute Gasteiger partial charge is 0.150 e. The van der Waals surface area contributed by atoms with Crippen LogP contribution in [0.25, 0.3) is 11.3 Å². The number of benzene rings is 1. The van der Waals surface area contributed by atoms with E-state index in [1.807, 2.05) is 12.1 Å². The van der Waals surface area contributed by atoms with Gasteiger partial charge in [0, 0.05) is 35.8 Å². The van der Waals surface area contributed by atoms with Crippen LogP contribution in [0, 0.1) is 0 Å². The molecule has 0 amide bonds. The van der Waals surface area contributed by atoms with Crippen molar-refractivity contribution in [3.63, 3.8) is 0 Å². The van der Waals surface area contributed by atoms with E-state index in [0.29, 0.717) is 16.1 Å². The van der Waals surface area contributed by atoms with Crippen LogP contribution >= 0.6 is 23.2 Å². The van der Waals surface area contributed by atoms with Gasteiger partial charge >= 0.3 is 0 Å². The molecule has 1 aromatic carbocycles. The number of halogens is 2. The summed E-state index contributed by atoms with van der Waals surface area (Å²) >= 11 is 12.2. The molecule has 0 radical (unpaired) electrons. The summed E-state index contributed by atoms with van der Waals surface area (Å²) in [5.41, 5.74) is 7.67. The maximum Gasteiger partial charge on any atom is 0.150 e. The first-order valence-electron chi connectivity index (χ1n) is 6.65. The molecule has 3 N–H and O–H groups in total. The van der Waals surface area contributed by atoms with Crippen molar-refractivity contribution in [2.24, 2.45) is 5.73 Å². The van der Waals surface area contributed by atoms with Crippen LogP contribution in [0.4, 0.5) is 5.82 Å². The van der Waals surface area contributed by atoms with Crippen LogP contribution < -0.4 is 10.6 Å². The Kier molecular flexibility index (Phi) is 3.87. The Labute approximate surface area is 127 Å². The lowest BCUT2D eigenvalue weighted by Crippen LogP contribution is -2.39. The van der Waals surface area contributed by atoms with E-state index in [1.165, 1.54) is 0 Å². The fourth-order valence-electron chi connectivity index (χ4n) is 2.44. The van der Waals surface area contributed by atoms with Gasteiger partial charge in [0.15, 0.2) is 5.82 Å². The molecule has 1 aliphatic heterocycles. The van der Waals surface area contributed by atoms with Crippen LogP contribution in [0.2, 0.25) is 10.0 Å². The molecule has 1 saturated heterocycles. The molecule has 2 heterocycles. The predicted octanol–water partition coefficient (Wildman–Crippen LogP) is 3.31. The van der Waals surface area contributed by atoms with Gasteiger partial charge in [0.1, 0.15) is 0 Å². The number of rotatable bonds is 2. The van der Waals surface area contributed by atoms with E-state index in [1.54, 1.807) is 12.1 Å². The third-order valence-electron chi connectivity index (χ3n) is 3.65. The number of piperidine rings is 1. The normalized spacial score (nSPS) is 16.6. The maximum atomic E-state index is 6.21. The Hall–Kier alpha value is -1.23. The summed E-state index contributed by atoms with van der Waals surface area (Å²) in [6.45, 7) is 1.88. The lowest BCUT2D eigenvalue weighted by Gasteiger charge is -2.29. The largest absolute Gasteiger partial charge is 0.355 e. The Morgan fingerprint density at radius 3 is 2.70 bits per heavy atom. The van der Waals surface area contributed by atoms with E-state index < -0.39 is 0 Å². The number of nitrogens with one attached hydrogen (secondary N) is 1. The average Bonchev–Trinajstić information content (AvgIpc) is 2.92. The minimum atomic E-state index is 0.312. The summed E-state index contributed by atoms with van der Waals surface area (Å²) in [6, 6.07) is 7.73. The van der Waals surface area contributed by atoms with Gasteiger partial charge in [0.2, 0.25) is 0 Å². The minimum absolute atomic E-state index is 0.312. The molecule has 0 saturated carbocycles. The van der Waals surface area contributed by atoms with Crippen LogP contribution in [0.1, 0.15) is 12.8 Å². The molecule has 3 rings (SSSR count). The molecule has 2 aromatic rings. The second-order valence-corrected chi connectivity index (χ2v) is 5.93. The molecule has 0 unspecified atom stereocenters. The van der Waals surface area contributed by atoms with Gasteiger partial charge in [0.05, 0.1) is 10.7 Å². The Bertz CT molecular complexity index is 603. The van der Waals surface area contributed by atoms with Crippen molar-refractivity contribution in [3.8, 4) is 11.3 Å². The number of hydrogen-bond acceptors (Lipinski definition) is 3. The van der Waals surface area contributed by atoms with Crippen LogP contribution in [0.5, 0.6) is 0 Å². The van der Waals surface area contributed by atoms with E-state index in [4.69, 9.17) is 28.9 Å². The Balaban J connectivity index is 1.85. The molecular formula is C14H16Cl2N4. The summed E-state index contributed by atoms with van der Waals surface area (Å²) in [6.07, 6.45) is 2.00. The molecule has 20 heavy (non-hydrogen) atoms. The molecule has 0 aliphatic carbocycles. The van der Waals surface area contributed by atoms with Gasteiger partial charge in [0.25, 0.3) is 0 Å². The first-order valence-corrected chi connectivity index (χ1v) is 7.40. The maximum absolute atomic E-state index is 6.21. The number of nitrogens with zero attached hydrogens (tertiary/aromatic N) is 2. The summed E-state index contributed by atoms with van der Waals surface area (Å²) in [4.78, 5) is 2.24.